The van der Waals surface area contributed by atoms with Gasteiger partial charge in [-0.05, 0) is 43.5 Å². The monoisotopic (exact) mass is 303 g/mol. The minimum atomic E-state index is 0.619. The summed E-state index contributed by atoms with van der Waals surface area (Å²) in [5.41, 5.74) is 2.38. The molecule has 0 radical (unpaired) electrons. The highest BCUT2D eigenvalue weighted by molar-refractivity contribution is 9.09. The molecule has 3 heteroatoms. The van der Waals surface area contributed by atoms with E-state index in [2.05, 4.69) is 47.2 Å². The fourth-order valence-electron chi connectivity index (χ4n) is 1.48. The quantitative estimate of drug-likeness (QED) is 0.610. The lowest BCUT2D eigenvalue weighted by atomic mass is 10.1. The van der Waals surface area contributed by atoms with Gasteiger partial charge in [0, 0.05) is 16.4 Å². The van der Waals surface area contributed by atoms with Crippen molar-refractivity contribution in [2.24, 2.45) is 0 Å². The van der Waals surface area contributed by atoms with E-state index < -0.39 is 0 Å². The van der Waals surface area contributed by atoms with Crippen LogP contribution in [0.5, 0.6) is 0 Å². The normalized spacial score (nSPS) is 12.8. The highest BCUT2D eigenvalue weighted by Gasteiger charge is 2.02. The number of nitrogens with one attached hydrogen (secondary N) is 1. The van der Waals surface area contributed by atoms with Gasteiger partial charge in [-0.25, -0.2) is 0 Å². The van der Waals surface area contributed by atoms with Crippen molar-refractivity contribution in [3.63, 3.8) is 0 Å². The molecule has 0 spiro atoms. The van der Waals surface area contributed by atoms with Gasteiger partial charge in [0.05, 0.1) is 0 Å². The van der Waals surface area contributed by atoms with Gasteiger partial charge in [-0.15, -0.1) is 0 Å². The van der Waals surface area contributed by atoms with Crippen molar-refractivity contribution in [2.45, 2.75) is 38.1 Å². The van der Waals surface area contributed by atoms with E-state index in [0.29, 0.717) is 4.83 Å². The Morgan fingerprint density at radius 2 is 2.19 bits per heavy atom. The summed E-state index contributed by atoms with van der Waals surface area (Å²) in [7, 11) is 0. The third-order valence-electron chi connectivity index (χ3n) is 2.60. The number of benzene rings is 1. The maximum atomic E-state index is 6.15. The average molecular weight is 305 g/mol. The Morgan fingerprint density at radius 1 is 1.44 bits per heavy atom. The maximum absolute atomic E-state index is 6.15. The Bertz CT molecular complexity index is 328. The van der Waals surface area contributed by atoms with Crippen LogP contribution in [0.3, 0.4) is 0 Å². The zero-order valence-electron chi connectivity index (χ0n) is 9.89. The summed E-state index contributed by atoms with van der Waals surface area (Å²) in [6, 6.07) is 6.20. The third-order valence-corrected chi connectivity index (χ3v) is 4.06. The van der Waals surface area contributed by atoms with E-state index in [4.69, 9.17) is 11.6 Å². The Labute approximate surface area is 112 Å². The van der Waals surface area contributed by atoms with Gasteiger partial charge in [0.15, 0.2) is 0 Å². The lowest BCUT2D eigenvalue weighted by Crippen LogP contribution is -2.17. The number of aryl methyl sites for hydroxylation is 1. The van der Waals surface area contributed by atoms with Gasteiger partial charge in [0.2, 0.25) is 0 Å². The van der Waals surface area contributed by atoms with Crippen LogP contribution in [0.4, 0.5) is 0 Å². The van der Waals surface area contributed by atoms with E-state index in [1.165, 1.54) is 17.5 Å². The molecule has 0 aromatic heterocycles. The number of rotatable bonds is 6. The van der Waals surface area contributed by atoms with E-state index in [9.17, 15) is 0 Å². The molecule has 0 fully saturated rings. The number of hydrogen-bond donors (Lipinski definition) is 1. The van der Waals surface area contributed by atoms with Crippen molar-refractivity contribution >= 4 is 27.5 Å². The molecule has 0 aliphatic carbocycles. The first-order chi connectivity index (χ1) is 7.63. The van der Waals surface area contributed by atoms with Crippen molar-refractivity contribution in [2.75, 3.05) is 6.54 Å². The minimum Gasteiger partial charge on any atom is -0.313 e. The van der Waals surface area contributed by atoms with E-state index in [-0.39, 0.29) is 0 Å². The molecule has 1 N–H and O–H groups in total. The van der Waals surface area contributed by atoms with Gasteiger partial charge in [0.25, 0.3) is 0 Å². The van der Waals surface area contributed by atoms with E-state index in [0.717, 1.165) is 24.5 Å². The summed E-state index contributed by atoms with van der Waals surface area (Å²) in [6.07, 6.45) is 2.33. The SMILES string of the molecule is CCC(Br)CCNCc1ccc(C)cc1Cl. The van der Waals surface area contributed by atoms with Crippen LogP contribution in [0.25, 0.3) is 0 Å². The van der Waals surface area contributed by atoms with Gasteiger partial charge in [-0.1, -0.05) is 46.6 Å². The van der Waals surface area contributed by atoms with Crippen LogP contribution in [0.1, 0.15) is 30.9 Å². The molecule has 0 saturated carbocycles. The Morgan fingerprint density at radius 3 is 2.81 bits per heavy atom. The van der Waals surface area contributed by atoms with E-state index >= 15 is 0 Å². The Hall–Kier alpha value is -0.0500. The molecule has 1 rings (SSSR count). The molecule has 0 bridgehead atoms. The summed E-state index contributed by atoms with van der Waals surface area (Å²) in [6.45, 7) is 6.12. The van der Waals surface area contributed by atoms with Crippen molar-refractivity contribution in [1.29, 1.82) is 0 Å². The van der Waals surface area contributed by atoms with Crippen LogP contribution in [0.15, 0.2) is 18.2 Å². The van der Waals surface area contributed by atoms with Gasteiger partial charge >= 0.3 is 0 Å². The minimum absolute atomic E-state index is 0.619. The number of alkyl halides is 1. The summed E-state index contributed by atoms with van der Waals surface area (Å²) in [5.74, 6) is 0. The van der Waals surface area contributed by atoms with Crippen molar-refractivity contribution in [3.05, 3.63) is 34.3 Å². The van der Waals surface area contributed by atoms with E-state index in [1.807, 2.05) is 6.07 Å². The molecule has 1 unspecified atom stereocenters. The number of hydrogen-bond acceptors (Lipinski definition) is 1. The molecule has 0 saturated heterocycles. The predicted octanol–water partition coefficient (Wildman–Crippen LogP) is 4.30. The molecule has 0 amide bonds. The van der Waals surface area contributed by atoms with Crippen LogP contribution in [-0.4, -0.2) is 11.4 Å². The summed E-state index contributed by atoms with van der Waals surface area (Å²) < 4.78 is 0. The highest BCUT2D eigenvalue weighted by Crippen LogP contribution is 2.17. The topological polar surface area (TPSA) is 12.0 Å². The van der Waals surface area contributed by atoms with Crippen LogP contribution in [-0.2, 0) is 6.54 Å². The lowest BCUT2D eigenvalue weighted by Gasteiger charge is -2.09. The first kappa shape index (κ1) is 14.0. The summed E-state index contributed by atoms with van der Waals surface area (Å²) in [5, 5.41) is 4.27. The Kier molecular flexibility index (Phi) is 6.40. The summed E-state index contributed by atoms with van der Waals surface area (Å²) in [4.78, 5) is 0.619. The molecule has 16 heavy (non-hydrogen) atoms. The smallest absolute Gasteiger partial charge is 0.0453 e. The predicted molar refractivity (Wildman–Crippen MR) is 75.5 cm³/mol. The molecule has 0 aliphatic rings. The molecular weight excluding hydrogens is 286 g/mol. The highest BCUT2D eigenvalue weighted by atomic mass is 79.9. The van der Waals surface area contributed by atoms with Crippen LogP contribution in [0.2, 0.25) is 5.02 Å². The zero-order chi connectivity index (χ0) is 12.0. The molecule has 90 valence electrons. The molecule has 1 nitrogen and oxygen atoms in total. The van der Waals surface area contributed by atoms with Gasteiger partial charge < -0.3 is 5.32 Å². The second-order valence-corrected chi connectivity index (χ2v) is 5.77. The van der Waals surface area contributed by atoms with Crippen molar-refractivity contribution in [1.82, 2.24) is 5.32 Å². The van der Waals surface area contributed by atoms with Gasteiger partial charge in [-0.2, -0.15) is 0 Å². The second-order valence-electron chi connectivity index (χ2n) is 4.07. The van der Waals surface area contributed by atoms with Gasteiger partial charge in [0.1, 0.15) is 0 Å². The molecule has 1 aromatic rings. The van der Waals surface area contributed by atoms with Gasteiger partial charge in [-0.3, -0.25) is 0 Å². The van der Waals surface area contributed by atoms with Crippen molar-refractivity contribution in [3.8, 4) is 0 Å². The fourth-order valence-corrected chi connectivity index (χ4v) is 2.01. The maximum Gasteiger partial charge on any atom is 0.0453 e. The number of halogens is 2. The average Bonchev–Trinajstić information content (AvgIpc) is 2.26. The lowest BCUT2D eigenvalue weighted by molar-refractivity contribution is 0.630. The first-order valence-electron chi connectivity index (χ1n) is 5.73. The first-order valence-corrected chi connectivity index (χ1v) is 7.02. The largest absolute Gasteiger partial charge is 0.313 e. The van der Waals surface area contributed by atoms with Crippen molar-refractivity contribution < 1.29 is 0 Å². The van der Waals surface area contributed by atoms with E-state index in [1.54, 1.807) is 0 Å². The van der Waals surface area contributed by atoms with Crippen LogP contribution in [0, 0.1) is 6.92 Å². The molecule has 0 heterocycles. The fraction of sp³-hybridized carbons (Fsp3) is 0.538. The summed E-state index contributed by atoms with van der Waals surface area (Å²) >= 11 is 9.77. The molecule has 1 aromatic carbocycles. The Balaban J connectivity index is 2.32. The third kappa shape index (κ3) is 4.86. The van der Waals surface area contributed by atoms with Crippen LogP contribution < -0.4 is 5.32 Å². The van der Waals surface area contributed by atoms with Crippen LogP contribution >= 0.6 is 27.5 Å². The molecular formula is C13H19BrClN. The molecule has 0 aliphatic heterocycles. The standard InChI is InChI=1S/C13H19BrClN/c1-3-12(14)6-7-16-9-11-5-4-10(2)8-13(11)15/h4-5,8,12,16H,3,6-7,9H2,1-2H3. The second kappa shape index (κ2) is 7.31. The zero-order valence-corrected chi connectivity index (χ0v) is 12.2. The molecule has 1 atom stereocenters.